The lowest BCUT2D eigenvalue weighted by Crippen LogP contribution is -2.49. The number of piperazine rings is 1. The van der Waals surface area contributed by atoms with Crippen LogP contribution in [0.5, 0.6) is 5.75 Å². The summed E-state index contributed by atoms with van der Waals surface area (Å²) in [6, 6.07) is 8.66. The van der Waals surface area contributed by atoms with Gasteiger partial charge in [-0.3, -0.25) is 0 Å². The molecule has 0 spiro atoms. The Labute approximate surface area is 178 Å². The van der Waals surface area contributed by atoms with Crippen molar-refractivity contribution >= 4 is 21.7 Å². The van der Waals surface area contributed by atoms with E-state index in [0.29, 0.717) is 43.4 Å². The fourth-order valence-electron chi connectivity index (χ4n) is 3.99. The van der Waals surface area contributed by atoms with E-state index in [1.807, 2.05) is 13.0 Å². The first-order chi connectivity index (χ1) is 14.6. The van der Waals surface area contributed by atoms with Crippen LogP contribution in [-0.2, 0) is 10.0 Å². The highest BCUT2D eigenvalue weighted by molar-refractivity contribution is 7.89. The second kappa shape index (κ2) is 9.18. The first kappa shape index (κ1) is 20.9. The van der Waals surface area contributed by atoms with Gasteiger partial charge in [-0.05, 0) is 50.5 Å². The number of hydrogen-bond acceptors (Lipinski definition) is 7. The van der Waals surface area contributed by atoms with Gasteiger partial charge in [0.25, 0.3) is 0 Å². The summed E-state index contributed by atoms with van der Waals surface area (Å²) in [5.74, 6) is 2.50. The molecule has 1 aromatic heterocycles. The molecule has 3 heterocycles. The number of benzene rings is 1. The molecule has 1 aromatic carbocycles. The van der Waals surface area contributed by atoms with Crippen molar-refractivity contribution < 1.29 is 13.2 Å². The zero-order valence-corrected chi connectivity index (χ0v) is 18.2. The molecule has 2 saturated heterocycles. The molecule has 2 fully saturated rings. The number of hydrogen-bond donors (Lipinski definition) is 0. The van der Waals surface area contributed by atoms with Gasteiger partial charge in [-0.2, -0.15) is 4.31 Å². The zero-order valence-electron chi connectivity index (χ0n) is 17.4. The third kappa shape index (κ3) is 4.52. The van der Waals surface area contributed by atoms with Crippen molar-refractivity contribution in [3.05, 3.63) is 36.7 Å². The number of sulfonamides is 1. The van der Waals surface area contributed by atoms with Gasteiger partial charge in [-0.1, -0.05) is 0 Å². The van der Waals surface area contributed by atoms with Crippen molar-refractivity contribution in [3.8, 4) is 5.75 Å². The monoisotopic (exact) mass is 431 g/mol. The number of nitrogens with zero attached hydrogens (tertiary/aromatic N) is 5. The van der Waals surface area contributed by atoms with E-state index < -0.39 is 10.0 Å². The first-order valence-corrected chi connectivity index (χ1v) is 12.1. The molecular formula is C21H29N5O3S. The minimum atomic E-state index is -3.51. The predicted molar refractivity (Wildman–Crippen MR) is 117 cm³/mol. The van der Waals surface area contributed by atoms with Crippen molar-refractivity contribution in [2.75, 3.05) is 55.7 Å². The number of ether oxygens (including phenoxy) is 1. The van der Waals surface area contributed by atoms with E-state index in [1.54, 1.807) is 34.9 Å². The molecule has 0 atom stereocenters. The van der Waals surface area contributed by atoms with E-state index in [0.717, 1.165) is 24.7 Å². The summed E-state index contributed by atoms with van der Waals surface area (Å²) in [6.07, 6.45) is 5.28. The highest BCUT2D eigenvalue weighted by Gasteiger charge is 2.29. The summed E-state index contributed by atoms with van der Waals surface area (Å²) in [5.41, 5.74) is 0. The van der Waals surface area contributed by atoms with Crippen LogP contribution in [-0.4, -0.2) is 68.6 Å². The number of anilines is 2. The number of rotatable bonds is 6. The Hall–Kier alpha value is -2.39. The van der Waals surface area contributed by atoms with Gasteiger partial charge in [0.2, 0.25) is 10.0 Å². The molecule has 162 valence electrons. The molecular weight excluding hydrogens is 402 g/mol. The van der Waals surface area contributed by atoms with Crippen molar-refractivity contribution in [3.63, 3.8) is 0 Å². The van der Waals surface area contributed by atoms with Gasteiger partial charge in [0.05, 0.1) is 11.5 Å². The Balaban J connectivity index is 1.41. The van der Waals surface area contributed by atoms with Crippen molar-refractivity contribution in [2.45, 2.75) is 31.1 Å². The molecule has 30 heavy (non-hydrogen) atoms. The second-order valence-electron chi connectivity index (χ2n) is 7.58. The SMILES string of the molecule is CCOc1ccc(S(=O)(=O)N2CCN(c3cc(N4CCCCC4)ncn3)CC2)cc1. The molecule has 0 amide bonds. The van der Waals surface area contributed by atoms with Gasteiger partial charge in [0.1, 0.15) is 23.7 Å². The van der Waals surface area contributed by atoms with Crippen molar-refractivity contribution in [1.29, 1.82) is 0 Å². The van der Waals surface area contributed by atoms with Crippen LogP contribution in [0, 0.1) is 0 Å². The minimum Gasteiger partial charge on any atom is -0.494 e. The summed E-state index contributed by atoms with van der Waals surface area (Å²) in [4.78, 5) is 13.6. The van der Waals surface area contributed by atoms with Gasteiger partial charge in [0.15, 0.2) is 0 Å². The Kier molecular flexibility index (Phi) is 6.38. The van der Waals surface area contributed by atoms with Gasteiger partial charge >= 0.3 is 0 Å². The minimum absolute atomic E-state index is 0.300. The summed E-state index contributed by atoms with van der Waals surface area (Å²) in [7, 11) is -3.51. The van der Waals surface area contributed by atoms with Crippen LogP contribution in [0.1, 0.15) is 26.2 Å². The normalized spacial score (nSPS) is 18.4. The molecule has 0 aliphatic carbocycles. The van der Waals surface area contributed by atoms with Gasteiger partial charge < -0.3 is 14.5 Å². The van der Waals surface area contributed by atoms with Crippen LogP contribution in [0.3, 0.4) is 0 Å². The molecule has 2 aromatic rings. The highest BCUT2D eigenvalue weighted by Crippen LogP contribution is 2.24. The maximum absolute atomic E-state index is 13.0. The molecule has 8 nitrogen and oxygen atoms in total. The smallest absolute Gasteiger partial charge is 0.243 e. The Bertz CT molecular complexity index is 937. The first-order valence-electron chi connectivity index (χ1n) is 10.6. The molecule has 0 unspecified atom stereocenters. The van der Waals surface area contributed by atoms with Gasteiger partial charge in [-0.15, -0.1) is 0 Å². The van der Waals surface area contributed by atoms with E-state index in [4.69, 9.17) is 4.74 Å². The molecule has 0 saturated carbocycles. The molecule has 9 heteroatoms. The Morgan fingerprint density at radius 3 is 2.07 bits per heavy atom. The number of aromatic nitrogens is 2. The predicted octanol–water partition coefficient (Wildman–Crippen LogP) is 2.38. The Morgan fingerprint density at radius 1 is 0.867 bits per heavy atom. The summed E-state index contributed by atoms with van der Waals surface area (Å²) < 4.78 is 32.9. The molecule has 0 bridgehead atoms. The van der Waals surface area contributed by atoms with Gasteiger partial charge in [0, 0.05) is 45.3 Å². The average Bonchev–Trinajstić information content (AvgIpc) is 2.80. The van der Waals surface area contributed by atoms with Crippen LogP contribution in [0.15, 0.2) is 41.6 Å². The third-order valence-electron chi connectivity index (χ3n) is 5.65. The topological polar surface area (TPSA) is 78.9 Å². The maximum Gasteiger partial charge on any atom is 0.243 e. The van der Waals surface area contributed by atoms with Crippen LogP contribution in [0.25, 0.3) is 0 Å². The van der Waals surface area contributed by atoms with Gasteiger partial charge in [-0.25, -0.2) is 18.4 Å². The fourth-order valence-corrected chi connectivity index (χ4v) is 5.41. The average molecular weight is 432 g/mol. The maximum atomic E-state index is 13.0. The summed E-state index contributed by atoms with van der Waals surface area (Å²) in [5, 5.41) is 0. The van der Waals surface area contributed by atoms with Crippen LogP contribution in [0.4, 0.5) is 11.6 Å². The quantitative estimate of drug-likeness (QED) is 0.695. The molecule has 2 aliphatic heterocycles. The largest absolute Gasteiger partial charge is 0.494 e. The zero-order chi connectivity index (χ0) is 21.0. The molecule has 0 N–H and O–H groups in total. The van der Waals surface area contributed by atoms with Crippen LogP contribution < -0.4 is 14.5 Å². The third-order valence-corrected chi connectivity index (χ3v) is 7.57. The van der Waals surface area contributed by atoms with E-state index >= 15 is 0 Å². The Morgan fingerprint density at radius 2 is 1.47 bits per heavy atom. The number of piperidine rings is 1. The fraction of sp³-hybridized carbons (Fsp3) is 0.524. The van der Waals surface area contributed by atoms with E-state index in [1.165, 1.54) is 19.3 Å². The molecule has 0 radical (unpaired) electrons. The van der Waals surface area contributed by atoms with Crippen LogP contribution >= 0.6 is 0 Å². The highest BCUT2D eigenvalue weighted by atomic mass is 32.2. The molecule has 2 aliphatic rings. The lowest BCUT2D eigenvalue weighted by atomic mass is 10.1. The van der Waals surface area contributed by atoms with E-state index in [-0.39, 0.29) is 0 Å². The molecule has 4 rings (SSSR count). The van der Waals surface area contributed by atoms with E-state index in [9.17, 15) is 8.42 Å². The van der Waals surface area contributed by atoms with Crippen molar-refractivity contribution in [2.24, 2.45) is 0 Å². The standard InChI is InChI=1S/C21H29N5O3S/c1-2-29-18-6-8-19(9-7-18)30(27,28)26-14-12-25(13-15-26)21-16-20(22-17-23-21)24-10-4-3-5-11-24/h6-9,16-17H,2-5,10-15H2,1H3. The van der Waals surface area contributed by atoms with E-state index in [2.05, 4.69) is 19.8 Å². The summed E-state index contributed by atoms with van der Waals surface area (Å²) in [6.45, 7) is 6.58. The summed E-state index contributed by atoms with van der Waals surface area (Å²) >= 11 is 0. The van der Waals surface area contributed by atoms with Crippen LogP contribution in [0.2, 0.25) is 0 Å². The second-order valence-corrected chi connectivity index (χ2v) is 9.52. The lowest BCUT2D eigenvalue weighted by Gasteiger charge is -2.35. The van der Waals surface area contributed by atoms with Crippen molar-refractivity contribution in [1.82, 2.24) is 14.3 Å². The lowest BCUT2D eigenvalue weighted by molar-refractivity contribution is 0.340.